The van der Waals surface area contributed by atoms with Gasteiger partial charge in [0.05, 0.1) is 0 Å². The Morgan fingerprint density at radius 3 is 1.80 bits per heavy atom. The zero-order valence-corrected chi connectivity index (χ0v) is 21.5. The summed E-state index contributed by atoms with van der Waals surface area (Å²) in [6.07, 6.45) is -8.12. The molecule has 0 unspecified atom stereocenters. The lowest BCUT2D eigenvalue weighted by molar-refractivity contribution is -0.275. The van der Waals surface area contributed by atoms with Gasteiger partial charge in [0.1, 0.15) is 16.7 Å². The molecule has 210 valence electrons. The van der Waals surface area contributed by atoms with Crippen LogP contribution < -0.4 is 14.8 Å². The van der Waals surface area contributed by atoms with Gasteiger partial charge in [-0.1, -0.05) is 72.3 Å². The summed E-state index contributed by atoms with van der Waals surface area (Å²) in [5.41, 5.74) is 1.06. The average Bonchev–Trinajstić information content (AvgIpc) is 2.88. The number of ether oxygens (including phenoxy) is 2. The highest BCUT2D eigenvalue weighted by Crippen LogP contribution is 2.40. The smallest absolute Gasteiger partial charge is 0.406 e. The normalized spacial score (nSPS) is 12.3. The Morgan fingerprint density at radius 2 is 1.27 bits per heavy atom. The van der Waals surface area contributed by atoms with Crippen molar-refractivity contribution in [3.63, 3.8) is 0 Å². The number of pyridine rings is 1. The van der Waals surface area contributed by atoms with Crippen LogP contribution in [-0.4, -0.2) is 24.3 Å². The summed E-state index contributed by atoms with van der Waals surface area (Å²) in [5, 5.41) is 3.55. The first-order valence-electron chi connectivity index (χ1n) is 12.0. The van der Waals surface area contributed by atoms with E-state index in [1.54, 1.807) is 36.4 Å². The molecule has 0 radical (unpaired) electrons. The van der Waals surface area contributed by atoms with Crippen LogP contribution in [0.5, 0.6) is 11.5 Å². The fourth-order valence-electron chi connectivity index (χ4n) is 4.53. The number of nitrogens with one attached hydrogen (secondary N) is 1. The monoisotopic (exact) mass is 580 g/mol. The molecule has 0 saturated carbocycles. The predicted molar refractivity (Wildman–Crippen MR) is 138 cm³/mol. The molecular weight excluding hydrogens is 558 g/mol. The van der Waals surface area contributed by atoms with E-state index in [2.05, 4.69) is 19.8 Å². The van der Waals surface area contributed by atoms with Crippen LogP contribution in [0.15, 0.2) is 97.2 Å². The highest BCUT2D eigenvalue weighted by molar-refractivity contribution is 6.30. The summed E-state index contributed by atoms with van der Waals surface area (Å²) in [5.74, 6) is -0.916. The molecule has 0 saturated heterocycles. The van der Waals surface area contributed by atoms with Gasteiger partial charge in [0.15, 0.2) is 0 Å². The van der Waals surface area contributed by atoms with Crippen molar-refractivity contribution >= 4 is 11.6 Å². The Labute approximate surface area is 231 Å². The Kier molecular flexibility index (Phi) is 8.90. The highest BCUT2D eigenvalue weighted by atomic mass is 35.5. The van der Waals surface area contributed by atoms with E-state index in [9.17, 15) is 26.3 Å². The maximum Gasteiger partial charge on any atom is 0.573 e. The third kappa shape index (κ3) is 7.89. The summed E-state index contributed by atoms with van der Waals surface area (Å²) in [7, 11) is 0. The Hall–Kier alpha value is -3.76. The van der Waals surface area contributed by atoms with Gasteiger partial charge >= 0.3 is 12.7 Å². The zero-order valence-electron chi connectivity index (χ0n) is 20.8. The van der Waals surface area contributed by atoms with Crippen LogP contribution in [0.3, 0.4) is 0 Å². The molecule has 0 atom stereocenters. The van der Waals surface area contributed by atoms with E-state index >= 15 is 0 Å². The van der Waals surface area contributed by atoms with Crippen LogP contribution in [0.1, 0.15) is 22.3 Å². The van der Waals surface area contributed by atoms with Crippen LogP contribution in [0.2, 0.25) is 5.15 Å². The molecule has 11 heteroatoms. The molecule has 1 N–H and O–H groups in total. The number of halogens is 7. The third-order valence-electron chi connectivity index (χ3n) is 6.17. The van der Waals surface area contributed by atoms with Crippen LogP contribution in [0.25, 0.3) is 0 Å². The quantitative estimate of drug-likeness (QED) is 0.153. The first kappa shape index (κ1) is 29.2. The van der Waals surface area contributed by atoms with Crippen molar-refractivity contribution in [3.8, 4) is 11.5 Å². The first-order valence-corrected chi connectivity index (χ1v) is 12.4. The molecule has 0 aliphatic heterocycles. The summed E-state index contributed by atoms with van der Waals surface area (Å²) in [4.78, 5) is 4.05. The lowest BCUT2D eigenvalue weighted by atomic mass is 9.70. The second kappa shape index (κ2) is 12.2. The molecule has 0 amide bonds. The van der Waals surface area contributed by atoms with E-state index in [4.69, 9.17) is 11.6 Å². The summed E-state index contributed by atoms with van der Waals surface area (Å²) in [6.45, 7) is 0.332. The number of benzene rings is 3. The van der Waals surface area contributed by atoms with Crippen molar-refractivity contribution in [3.05, 3.63) is 125 Å². The maximum atomic E-state index is 13.1. The van der Waals surface area contributed by atoms with E-state index in [-0.39, 0.29) is 24.7 Å². The number of alkyl halides is 6. The summed E-state index contributed by atoms with van der Waals surface area (Å²) >= 11 is 6.21. The van der Waals surface area contributed by atoms with Crippen LogP contribution in [0, 0.1) is 0 Å². The number of nitrogens with zero attached hydrogens (tertiary/aromatic N) is 1. The molecule has 0 aliphatic rings. The average molecular weight is 581 g/mol. The van der Waals surface area contributed by atoms with Crippen LogP contribution >= 0.6 is 11.6 Å². The minimum atomic E-state index is -4.93. The topological polar surface area (TPSA) is 43.4 Å². The van der Waals surface area contributed by atoms with Gasteiger partial charge in [0.25, 0.3) is 0 Å². The Morgan fingerprint density at radius 1 is 0.700 bits per heavy atom. The van der Waals surface area contributed by atoms with Crippen molar-refractivity contribution in [1.29, 1.82) is 0 Å². The second-order valence-electron chi connectivity index (χ2n) is 8.95. The molecule has 40 heavy (non-hydrogen) atoms. The number of rotatable bonds is 10. The zero-order chi connectivity index (χ0) is 28.8. The number of hydrogen-bond donors (Lipinski definition) is 1. The van der Waals surface area contributed by atoms with E-state index in [1.165, 1.54) is 30.5 Å². The molecule has 4 aromatic rings. The molecule has 4 rings (SSSR count). The predicted octanol–water partition coefficient (Wildman–Crippen LogP) is 7.85. The lowest BCUT2D eigenvalue weighted by Crippen LogP contribution is -2.41. The van der Waals surface area contributed by atoms with Gasteiger partial charge in [-0.05, 0) is 53.4 Å². The van der Waals surface area contributed by atoms with Crippen molar-refractivity contribution in [1.82, 2.24) is 10.3 Å². The van der Waals surface area contributed by atoms with Crippen molar-refractivity contribution < 1.29 is 35.8 Å². The van der Waals surface area contributed by atoms with Crippen LogP contribution in [0.4, 0.5) is 26.3 Å². The fourth-order valence-corrected chi connectivity index (χ4v) is 4.71. The lowest BCUT2D eigenvalue weighted by Gasteiger charge is -2.36. The van der Waals surface area contributed by atoms with Gasteiger partial charge in [0, 0.05) is 30.3 Å². The van der Waals surface area contributed by atoms with Crippen LogP contribution in [-0.2, 0) is 18.4 Å². The van der Waals surface area contributed by atoms with Gasteiger partial charge in [-0.15, -0.1) is 26.3 Å². The summed E-state index contributed by atoms with van der Waals surface area (Å²) < 4.78 is 87.0. The van der Waals surface area contributed by atoms with E-state index in [0.717, 1.165) is 17.7 Å². The van der Waals surface area contributed by atoms with Crippen molar-refractivity contribution in [2.75, 3.05) is 6.54 Å². The largest absolute Gasteiger partial charge is 0.573 e. The molecule has 3 aromatic carbocycles. The van der Waals surface area contributed by atoms with E-state index in [1.807, 2.05) is 18.2 Å². The molecule has 4 nitrogen and oxygen atoms in total. The maximum absolute atomic E-state index is 13.1. The van der Waals surface area contributed by atoms with Gasteiger partial charge in [-0.3, -0.25) is 0 Å². The molecule has 0 fully saturated rings. The first-order chi connectivity index (χ1) is 18.9. The SMILES string of the molecule is FC(F)(F)Oc1cccc(C(CNCc2cccnc2Cl)(Cc2ccccc2)c2cccc(OC(F)(F)F)c2)c1. The fraction of sp³-hybridized carbons (Fsp3) is 0.207. The molecular formula is C29H23ClF6N2O2. The van der Waals surface area contributed by atoms with Gasteiger partial charge in [-0.2, -0.15) is 0 Å². The Bertz CT molecular complexity index is 1350. The van der Waals surface area contributed by atoms with E-state index < -0.39 is 29.6 Å². The third-order valence-corrected chi connectivity index (χ3v) is 6.51. The minimum absolute atomic E-state index is 0.0953. The van der Waals surface area contributed by atoms with Gasteiger partial charge < -0.3 is 14.8 Å². The van der Waals surface area contributed by atoms with Crippen molar-refractivity contribution in [2.24, 2.45) is 0 Å². The molecule has 0 spiro atoms. The summed E-state index contributed by atoms with van der Waals surface area (Å²) in [6, 6.07) is 23.4. The number of hydrogen-bond acceptors (Lipinski definition) is 4. The Balaban J connectivity index is 1.85. The van der Waals surface area contributed by atoms with Crippen molar-refractivity contribution in [2.45, 2.75) is 31.1 Å². The van der Waals surface area contributed by atoms with Gasteiger partial charge in [-0.25, -0.2) is 4.98 Å². The second-order valence-corrected chi connectivity index (χ2v) is 9.31. The minimum Gasteiger partial charge on any atom is -0.406 e. The number of aromatic nitrogens is 1. The highest BCUT2D eigenvalue weighted by Gasteiger charge is 2.38. The van der Waals surface area contributed by atoms with Gasteiger partial charge in [0.2, 0.25) is 0 Å². The van der Waals surface area contributed by atoms with E-state index in [0.29, 0.717) is 16.7 Å². The molecule has 1 heterocycles. The standard InChI is InChI=1S/C29H23ClF6N2O2/c30-26-21(9-6-14-38-26)18-37-19-27(17-20-7-2-1-3-8-20,22-10-4-12-24(15-22)39-28(31,32)33)23-11-5-13-25(16-23)40-29(34,35)36/h1-16,37H,17-19H2. The molecule has 0 bridgehead atoms. The molecule has 0 aliphatic carbocycles. The molecule has 1 aromatic heterocycles.